The summed E-state index contributed by atoms with van der Waals surface area (Å²) in [6.07, 6.45) is 11.2. The van der Waals surface area contributed by atoms with E-state index in [-0.39, 0.29) is 5.65 Å². The van der Waals surface area contributed by atoms with Crippen molar-refractivity contribution < 1.29 is 4.39 Å². The molecule has 1 aliphatic carbocycles. The van der Waals surface area contributed by atoms with E-state index < -0.39 is 5.82 Å². The second-order valence-electron chi connectivity index (χ2n) is 5.84. The summed E-state index contributed by atoms with van der Waals surface area (Å²) in [6.45, 7) is 4.63. The van der Waals surface area contributed by atoms with E-state index in [0.717, 1.165) is 33.7 Å². The zero-order valence-corrected chi connectivity index (χ0v) is 14.5. The average molecular weight is 348 g/mol. The van der Waals surface area contributed by atoms with Gasteiger partial charge >= 0.3 is 0 Å². The van der Waals surface area contributed by atoms with Crippen LogP contribution in [0.2, 0.25) is 0 Å². The predicted octanol–water partition coefficient (Wildman–Crippen LogP) is 3.14. The Hall–Kier alpha value is -3.22. The molecule has 0 atom stereocenters. The van der Waals surface area contributed by atoms with Gasteiger partial charge in [0, 0.05) is 42.1 Å². The SMILES string of the molecule is C/C=C(\C=NCC)c1ncnc2c1C(c1cc(F)c3ncnn3c1)=CC2. The van der Waals surface area contributed by atoms with Crippen LogP contribution in [-0.2, 0) is 6.42 Å². The highest BCUT2D eigenvalue weighted by molar-refractivity contribution is 6.11. The highest BCUT2D eigenvalue weighted by Gasteiger charge is 2.24. The fourth-order valence-corrected chi connectivity index (χ4v) is 3.14. The maximum Gasteiger partial charge on any atom is 0.191 e. The fraction of sp³-hybridized carbons (Fsp3) is 0.211. The van der Waals surface area contributed by atoms with Gasteiger partial charge in [-0.05, 0) is 25.5 Å². The molecule has 0 fully saturated rings. The molecule has 0 saturated carbocycles. The molecule has 0 radical (unpaired) electrons. The monoisotopic (exact) mass is 348 g/mol. The Morgan fingerprint density at radius 3 is 3.00 bits per heavy atom. The van der Waals surface area contributed by atoms with Gasteiger partial charge in [-0.2, -0.15) is 5.10 Å². The molecule has 0 spiro atoms. The van der Waals surface area contributed by atoms with Gasteiger partial charge in [0.25, 0.3) is 0 Å². The van der Waals surface area contributed by atoms with E-state index >= 15 is 0 Å². The van der Waals surface area contributed by atoms with Gasteiger partial charge in [0.15, 0.2) is 11.5 Å². The van der Waals surface area contributed by atoms with Gasteiger partial charge in [0.05, 0.1) is 11.4 Å². The number of hydrogen-bond acceptors (Lipinski definition) is 5. The van der Waals surface area contributed by atoms with E-state index in [1.807, 2.05) is 32.2 Å². The molecule has 3 aromatic rings. The molecule has 130 valence electrons. The summed E-state index contributed by atoms with van der Waals surface area (Å²) >= 11 is 0. The molecule has 1 aliphatic rings. The van der Waals surface area contributed by atoms with Crippen molar-refractivity contribution in [3.63, 3.8) is 0 Å². The highest BCUT2D eigenvalue weighted by atomic mass is 19.1. The van der Waals surface area contributed by atoms with Crippen LogP contribution in [0.1, 0.15) is 36.4 Å². The molecule has 7 heteroatoms. The third kappa shape index (κ3) is 2.61. The summed E-state index contributed by atoms with van der Waals surface area (Å²) in [7, 11) is 0. The minimum atomic E-state index is -0.411. The van der Waals surface area contributed by atoms with E-state index in [1.54, 1.807) is 12.5 Å². The summed E-state index contributed by atoms with van der Waals surface area (Å²) in [5, 5.41) is 4.06. The van der Waals surface area contributed by atoms with Crippen LogP contribution in [0, 0.1) is 5.82 Å². The van der Waals surface area contributed by atoms with Crippen LogP contribution in [0.4, 0.5) is 4.39 Å². The number of pyridine rings is 1. The van der Waals surface area contributed by atoms with Gasteiger partial charge in [0.2, 0.25) is 0 Å². The number of fused-ring (bicyclic) bond motifs is 2. The molecule has 26 heavy (non-hydrogen) atoms. The topological polar surface area (TPSA) is 68.3 Å². The van der Waals surface area contributed by atoms with E-state index in [2.05, 4.69) is 25.0 Å². The lowest BCUT2D eigenvalue weighted by atomic mass is 9.97. The fourth-order valence-electron chi connectivity index (χ4n) is 3.14. The zero-order valence-electron chi connectivity index (χ0n) is 14.5. The van der Waals surface area contributed by atoms with Crippen molar-refractivity contribution in [2.45, 2.75) is 20.3 Å². The molecule has 0 bridgehead atoms. The normalized spacial score (nSPS) is 14.3. The first-order valence-corrected chi connectivity index (χ1v) is 8.43. The Balaban J connectivity index is 1.87. The van der Waals surface area contributed by atoms with Gasteiger partial charge in [0.1, 0.15) is 12.7 Å². The molecule has 6 nitrogen and oxygen atoms in total. The Labute approximate surface area is 149 Å². The van der Waals surface area contributed by atoms with Crippen molar-refractivity contribution in [3.05, 3.63) is 65.4 Å². The van der Waals surface area contributed by atoms with E-state index in [9.17, 15) is 4.39 Å². The molecular formula is C19H17FN6. The smallest absolute Gasteiger partial charge is 0.191 e. The number of hydrogen-bond donors (Lipinski definition) is 0. The third-order valence-corrected chi connectivity index (χ3v) is 4.33. The number of aromatic nitrogens is 5. The molecule has 3 heterocycles. The first-order valence-electron chi connectivity index (χ1n) is 8.43. The molecule has 0 amide bonds. The summed E-state index contributed by atoms with van der Waals surface area (Å²) in [6, 6.07) is 1.48. The van der Waals surface area contributed by atoms with Crippen LogP contribution in [0.5, 0.6) is 0 Å². The van der Waals surface area contributed by atoms with E-state index in [0.29, 0.717) is 13.0 Å². The van der Waals surface area contributed by atoms with Gasteiger partial charge in [-0.15, -0.1) is 0 Å². The third-order valence-electron chi connectivity index (χ3n) is 4.33. The highest BCUT2D eigenvalue weighted by Crippen LogP contribution is 2.35. The summed E-state index contributed by atoms with van der Waals surface area (Å²) in [5.74, 6) is -0.411. The molecule has 0 N–H and O–H groups in total. The quantitative estimate of drug-likeness (QED) is 0.679. The Kier molecular flexibility index (Phi) is 4.12. The van der Waals surface area contributed by atoms with Gasteiger partial charge in [-0.1, -0.05) is 12.2 Å². The summed E-state index contributed by atoms with van der Waals surface area (Å²) < 4.78 is 15.8. The largest absolute Gasteiger partial charge is 0.293 e. The molecule has 0 saturated heterocycles. The van der Waals surface area contributed by atoms with Crippen LogP contribution < -0.4 is 0 Å². The number of halogens is 1. The lowest BCUT2D eigenvalue weighted by molar-refractivity contribution is 0.627. The molecule has 3 aromatic heterocycles. The van der Waals surface area contributed by atoms with Crippen LogP contribution in [0.25, 0.3) is 16.8 Å². The lowest BCUT2D eigenvalue weighted by Gasteiger charge is -2.12. The Morgan fingerprint density at radius 1 is 1.31 bits per heavy atom. The maximum absolute atomic E-state index is 14.4. The maximum atomic E-state index is 14.4. The molecule has 0 aromatic carbocycles. The number of nitrogens with zero attached hydrogens (tertiary/aromatic N) is 6. The van der Waals surface area contributed by atoms with Crippen LogP contribution in [0.15, 0.2) is 42.1 Å². The van der Waals surface area contributed by atoms with Crippen LogP contribution in [0.3, 0.4) is 0 Å². The van der Waals surface area contributed by atoms with Crippen molar-refractivity contribution >= 4 is 23.0 Å². The molecular weight excluding hydrogens is 331 g/mol. The van der Waals surface area contributed by atoms with Crippen molar-refractivity contribution in [2.24, 2.45) is 4.99 Å². The van der Waals surface area contributed by atoms with Crippen molar-refractivity contribution in [3.8, 4) is 0 Å². The van der Waals surface area contributed by atoms with Crippen molar-refractivity contribution in [2.75, 3.05) is 6.54 Å². The number of allylic oxidation sites excluding steroid dienone is 3. The second kappa shape index (κ2) is 6.59. The van der Waals surface area contributed by atoms with Gasteiger partial charge in [-0.3, -0.25) is 4.99 Å². The number of aliphatic imine (C=N–C) groups is 1. The molecule has 0 unspecified atom stereocenters. The Morgan fingerprint density at radius 2 is 2.19 bits per heavy atom. The zero-order chi connectivity index (χ0) is 18.1. The molecule has 0 aliphatic heterocycles. The van der Waals surface area contributed by atoms with Crippen LogP contribution in [-0.4, -0.2) is 37.3 Å². The first-order chi connectivity index (χ1) is 12.7. The number of rotatable bonds is 4. The van der Waals surface area contributed by atoms with Crippen molar-refractivity contribution in [1.82, 2.24) is 24.6 Å². The average Bonchev–Trinajstić information content (AvgIpc) is 3.29. The Bertz CT molecular complexity index is 1080. The van der Waals surface area contributed by atoms with Crippen molar-refractivity contribution in [1.29, 1.82) is 0 Å². The minimum Gasteiger partial charge on any atom is -0.293 e. The van der Waals surface area contributed by atoms with E-state index in [4.69, 9.17) is 0 Å². The lowest BCUT2D eigenvalue weighted by Crippen LogP contribution is -2.03. The van der Waals surface area contributed by atoms with Crippen LogP contribution >= 0.6 is 0 Å². The van der Waals surface area contributed by atoms with Gasteiger partial charge < -0.3 is 0 Å². The first kappa shape index (κ1) is 16.3. The standard InChI is InChI=1S/C19H17FN6/c1-3-12(8-21-4-2)18-17-14(5-6-16(17)22-10-23-18)13-7-15(20)19-24-11-25-26(19)9-13/h3,5,7-11H,4,6H2,1-2H3/b12-3+,21-8?. The summed E-state index contributed by atoms with van der Waals surface area (Å²) in [5.41, 5.74) is 5.39. The van der Waals surface area contributed by atoms with E-state index in [1.165, 1.54) is 16.9 Å². The minimum absolute atomic E-state index is 0.210. The summed E-state index contributed by atoms with van der Waals surface area (Å²) in [4.78, 5) is 17.2. The van der Waals surface area contributed by atoms with Gasteiger partial charge in [-0.25, -0.2) is 23.9 Å². The molecule has 4 rings (SSSR count). The predicted molar refractivity (Wildman–Crippen MR) is 98.4 cm³/mol. The second-order valence-corrected chi connectivity index (χ2v) is 5.84.